The topological polar surface area (TPSA) is 23.5 Å². The van der Waals surface area contributed by atoms with Gasteiger partial charge in [-0.2, -0.15) is 0 Å². The van der Waals surface area contributed by atoms with Crippen LogP contribution in [0.2, 0.25) is 0 Å². The number of rotatable bonds is 5. The third-order valence-corrected chi connectivity index (χ3v) is 4.62. The predicted molar refractivity (Wildman–Crippen MR) is 109 cm³/mol. The molecule has 2 aromatic carbocycles. The quantitative estimate of drug-likeness (QED) is 0.465. The molecular weight excluding hydrogens is 318 g/mol. The van der Waals surface area contributed by atoms with Gasteiger partial charge in [-0.25, -0.2) is 0 Å². The van der Waals surface area contributed by atoms with Crippen molar-refractivity contribution in [3.05, 3.63) is 88.7 Å². The van der Waals surface area contributed by atoms with E-state index in [0.717, 1.165) is 29.3 Å². The Morgan fingerprint density at radius 1 is 1.19 bits per heavy atom. The SMILES string of the molecule is C=C(O)/C=C/c1ccc(C#Cc2cc(CN(C)C3CC3)ccc2C)cc1. The molecule has 0 radical (unpaired) electrons. The van der Waals surface area contributed by atoms with Crippen molar-refractivity contribution in [2.45, 2.75) is 32.4 Å². The van der Waals surface area contributed by atoms with E-state index in [9.17, 15) is 0 Å². The molecule has 0 saturated heterocycles. The summed E-state index contributed by atoms with van der Waals surface area (Å²) < 4.78 is 0. The van der Waals surface area contributed by atoms with Crippen molar-refractivity contribution in [1.82, 2.24) is 4.90 Å². The molecule has 0 unspecified atom stereocenters. The Balaban J connectivity index is 1.73. The largest absolute Gasteiger partial charge is 0.509 e. The molecule has 1 fully saturated rings. The van der Waals surface area contributed by atoms with Crippen molar-refractivity contribution in [3.8, 4) is 11.8 Å². The van der Waals surface area contributed by atoms with E-state index < -0.39 is 0 Å². The van der Waals surface area contributed by atoms with Gasteiger partial charge in [-0.05, 0) is 67.8 Å². The Kier molecular flexibility index (Phi) is 5.61. The van der Waals surface area contributed by atoms with Crippen LogP contribution < -0.4 is 0 Å². The zero-order valence-corrected chi connectivity index (χ0v) is 15.5. The van der Waals surface area contributed by atoms with Gasteiger partial charge in [-0.3, -0.25) is 4.90 Å². The fourth-order valence-corrected chi connectivity index (χ4v) is 2.84. The second-order valence-electron chi connectivity index (χ2n) is 6.99. The number of aryl methyl sites for hydroxylation is 1. The monoisotopic (exact) mass is 343 g/mol. The molecule has 1 N–H and O–H groups in total. The lowest BCUT2D eigenvalue weighted by molar-refractivity contribution is 0.316. The Morgan fingerprint density at radius 2 is 1.92 bits per heavy atom. The number of allylic oxidation sites excluding steroid dienone is 1. The van der Waals surface area contributed by atoms with Gasteiger partial charge < -0.3 is 5.11 Å². The molecule has 0 spiro atoms. The number of nitrogens with zero attached hydrogens (tertiary/aromatic N) is 1. The molecule has 26 heavy (non-hydrogen) atoms. The summed E-state index contributed by atoms with van der Waals surface area (Å²) in [4.78, 5) is 2.43. The smallest absolute Gasteiger partial charge is 0.108 e. The molecule has 2 heteroatoms. The van der Waals surface area contributed by atoms with Gasteiger partial charge in [0, 0.05) is 23.7 Å². The summed E-state index contributed by atoms with van der Waals surface area (Å²) in [5.41, 5.74) is 5.60. The summed E-state index contributed by atoms with van der Waals surface area (Å²) >= 11 is 0. The van der Waals surface area contributed by atoms with E-state index in [1.54, 1.807) is 6.08 Å². The molecule has 1 aliphatic rings. The minimum atomic E-state index is 0.0524. The average molecular weight is 343 g/mol. The average Bonchev–Trinajstić information content (AvgIpc) is 3.46. The van der Waals surface area contributed by atoms with E-state index in [0.29, 0.717) is 0 Å². The molecule has 0 aromatic heterocycles. The molecule has 0 aliphatic heterocycles. The van der Waals surface area contributed by atoms with Crippen LogP contribution in [0.15, 0.2) is 60.9 Å². The molecule has 2 aromatic rings. The van der Waals surface area contributed by atoms with Gasteiger partial charge in [0.1, 0.15) is 5.76 Å². The maximum absolute atomic E-state index is 9.11. The third-order valence-electron chi connectivity index (χ3n) is 4.62. The van der Waals surface area contributed by atoms with Crippen molar-refractivity contribution in [3.63, 3.8) is 0 Å². The number of hydrogen-bond donors (Lipinski definition) is 1. The molecule has 1 saturated carbocycles. The molecule has 0 bridgehead atoms. The van der Waals surface area contributed by atoms with Gasteiger partial charge in [0.05, 0.1) is 0 Å². The van der Waals surface area contributed by atoms with Crippen LogP contribution in [0.3, 0.4) is 0 Å². The summed E-state index contributed by atoms with van der Waals surface area (Å²) in [6, 6.07) is 15.3. The molecule has 0 atom stereocenters. The summed E-state index contributed by atoms with van der Waals surface area (Å²) in [5.74, 6) is 6.62. The van der Waals surface area contributed by atoms with Crippen LogP contribution in [0.25, 0.3) is 6.08 Å². The van der Waals surface area contributed by atoms with Crippen LogP contribution in [0.5, 0.6) is 0 Å². The van der Waals surface area contributed by atoms with E-state index in [4.69, 9.17) is 5.11 Å². The maximum Gasteiger partial charge on any atom is 0.108 e. The third kappa shape index (κ3) is 5.12. The number of aliphatic hydroxyl groups excluding tert-OH is 1. The van der Waals surface area contributed by atoms with Crippen LogP contribution in [-0.2, 0) is 6.54 Å². The highest BCUT2D eigenvalue weighted by Crippen LogP contribution is 2.27. The van der Waals surface area contributed by atoms with Gasteiger partial charge in [-0.15, -0.1) is 0 Å². The summed E-state index contributed by atoms with van der Waals surface area (Å²) in [5, 5.41) is 9.11. The first-order valence-electron chi connectivity index (χ1n) is 8.99. The van der Waals surface area contributed by atoms with Crippen molar-refractivity contribution < 1.29 is 5.11 Å². The van der Waals surface area contributed by atoms with Crippen LogP contribution >= 0.6 is 0 Å². The number of aliphatic hydroxyl groups is 1. The van der Waals surface area contributed by atoms with E-state index in [2.05, 4.69) is 55.5 Å². The number of hydrogen-bond acceptors (Lipinski definition) is 2. The summed E-state index contributed by atoms with van der Waals surface area (Å²) in [7, 11) is 2.20. The van der Waals surface area contributed by atoms with E-state index in [1.807, 2.05) is 30.3 Å². The Hall–Kier alpha value is -2.76. The first-order valence-corrected chi connectivity index (χ1v) is 8.99. The fourth-order valence-electron chi connectivity index (χ4n) is 2.84. The molecule has 3 rings (SSSR count). The highest BCUT2D eigenvalue weighted by atomic mass is 16.3. The molecular formula is C24H25NO. The molecule has 132 valence electrons. The lowest BCUT2D eigenvalue weighted by Gasteiger charge is -2.16. The van der Waals surface area contributed by atoms with Crippen molar-refractivity contribution >= 4 is 6.08 Å². The predicted octanol–water partition coefficient (Wildman–Crippen LogP) is 5.07. The first kappa shape index (κ1) is 18.0. The van der Waals surface area contributed by atoms with Gasteiger partial charge in [0.2, 0.25) is 0 Å². The van der Waals surface area contributed by atoms with Crippen LogP contribution in [-0.4, -0.2) is 23.1 Å². The van der Waals surface area contributed by atoms with Gasteiger partial charge >= 0.3 is 0 Å². The lowest BCUT2D eigenvalue weighted by atomic mass is 10.0. The second kappa shape index (κ2) is 8.08. The van der Waals surface area contributed by atoms with E-state index in [1.165, 1.54) is 24.0 Å². The zero-order valence-electron chi connectivity index (χ0n) is 15.5. The number of benzene rings is 2. The van der Waals surface area contributed by atoms with Gasteiger partial charge in [0.25, 0.3) is 0 Å². The van der Waals surface area contributed by atoms with Gasteiger partial charge in [0.15, 0.2) is 0 Å². The van der Waals surface area contributed by atoms with Crippen molar-refractivity contribution in [2.75, 3.05) is 7.05 Å². The highest BCUT2D eigenvalue weighted by Gasteiger charge is 2.25. The lowest BCUT2D eigenvalue weighted by Crippen LogP contribution is -2.19. The zero-order chi connectivity index (χ0) is 18.5. The van der Waals surface area contributed by atoms with Crippen molar-refractivity contribution in [2.24, 2.45) is 0 Å². The van der Waals surface area contributed by atoms with Crippen molar-refractivity contribution in [1.29, 1.82) is 0 Å². The normalized spacial score (nSPS) is 13.7. The minimum absolute atomic E-state index is 0.0524. The fraction of sp³-hybridized carbons (Fsp3) is 0.250. The highest BCUT2D eigenvalue weighted by molar-refractivity contribution is 5.54. The first-order chi connectivity index (χ1) is 12.5. The second-order valence-corrected chi connectivity index (χ2v) is 6.99. The summed E-state index contributed by atoms with van der Waals surface area (Å²) in [6.45, 7) is 6.53. The Morgan fingerprint density at radius 3 is 2.58 bits per heavy atom. The van der Waals surface area contributed by atoms with Crippen LogP contribution in [0, 0.1) is 18.8 Å². The molecule has 1 aliphatic carbocycles. The van der Waals surface area contributed by atoms with Crippen LogP contribution in [0.4, 0.5) is 0 Å². The Labute approximate surface area is 156 Å². The van der Waals surface area contributed by atoms with Crippen LogP contribution in [0.1, 0.15) is 40.7 Å². The maximum atomic E-state index is 9.11. The standard InChI is InChI=1S/C24H25NO/c1-18-4-6-22(17-25(3)24-14-15-24)16-23(18)13-12-21-10-8-20(9-11-21)7-5-19(2)26/h4-11,16,24,26H,2,14-15,17H2,1,3H3/b7-5+. The minimum Gasteiger partial charge on any atom is -0.509 e. The van der Waals surface area contributed by atoms with E-state index in [-0.39, 0.29) is 5.76 Å². The van der Waals surface area contributed by atoms with Gasteiger partial charge in [-0.1, -0.05) is 48.8 Å². The molecule has 2 nitrogen and oxygen atoms in total. The molecule has 0 amide bonds. The van der Waals surface area contributed by atoms with E-state index >= 15 is 0 Å². The Bertz CT molecular complexity index is 877. The summed E-state index contributed by atoms with van der Waals surface area (Å²) in [6.07, 6.45) is 6.05. The molecule has 0 heterocycles.